The fraction of sp³-hybridized carbons (Fsp3) is 0.867. The first-order chi connectivity index (χ1) is 8.01. The quantitative estimate of drug-likeness (QED) is 0.693. The molecule has 0 N–H and O–H groups in total. The second kappa shape index (κ2) is 4.74. The number of likely N-dealkylation sites (N-methyl/N-ethyl adjacent to an activating group) is 1. The highest BCUT2D eigenvalue weighted by molar-refractivity contribution is 5.25. The van der Waals surface area contributed by atoms with Gasteiger partial charge in [-0.3, -0.25) is 9.80 Å². The molecule has 2 unspecified atom stereocenters. The Morgan fingerprint density at radius 2 is 2.18 bits per heavy atom. The van der Waals surface area contributed by atoms with Crippen LogP contribution in [-0.4, -0.2) is 47.6 Å². The fourth-order valence-corrected chi connectivity index (χ4v) is 4.08. The summed E-state index contributed by atoms with van der Waals surface area (Å²) >= 11 is 0. The number of hydrogen-bond acceptors (Lipinski definition) is 2. The second-order valence-electron chi connectivity index (χ2n) is 6.36. The van der Waals surface area contributed by atoms with E-state index in [0.29, 0.717) is 11.6 Å². The molecule has 2 fully saturated rings. The van der Waals surface area contributed by atoms with Gasteiger partial charge < -0.3 is 0 Å². The van der Waals surface area contributed by atoms with Crippen molar-refractivity contribution in [3.05, 3.63) is 12.2 Å². The Kier molecular flexibility index (Phi) is 3.65. The van der Waals surface area contributed by atoms with E-state index in [1.165, 1.54) is 44.6 Å². The molecule has 1 spiro atoms. The monoisotopic (exact) mass is 236 g/mol. The highest BCUT2D eigenvalue weighted by Crippen LogP contribution is 2.45. The Morgan fingerprint density at radius 3 is 2.71 bits per heavy atom. The SMILES string of the molecule is C=C(C)C1N(CC(C)C)CC12CCCN2CC. The molecule has 0 aromatic heterocycles. The lowest BCUT2D eigenvalue weighted by Crippen LogP contribution is -2.75. The highest BCUT2D eigenvalue weighted by atomic mass is 15.4. The second-order valence-corrected chi connectivity index (χ2v) is 6.36. The van der Waals surface area contributed by atoms with Gasteiger partial charge in [0.25, 0.3) is 0 Å². The predicted octanol–water partition coefficient (Wildman–Crippen LogP) is 2.76. The van der Waals surface area contributed by atoms with Gasteiger partial charge in [-0.1, -0.05) is 32.9 Å². The molecule has 2 heterocycles. The number of hydrogen-bond donors (Lipinski definition) is 0. The Balaban J connectivity index is 2.13. The molecule has 2 aliphatic heterocycles. The third-order valence-corrected chi connectivity index (χ3v) is 4.47. The van der Waals surface area contributed by atoms with E-state index < -0.39 is 0 Å². The van der Waals surface area contributed by atoms with Gasteiger partial charge in [-0.15, -0.1) is 0 Å². The minimum absolute atomic E-state index is 0.440. The third-order valence-electron chi connectivity index (χ3n) is 4.47. The van der Waals surface area contributed by atoms with Crippen molar-refractivity contribution >= 4 is 0 Å². The zero-order chi connectivity index (χ0) is 12.6. The molecule has 2 atom stereocenters. The van der Waals surface area contributed by atoms with Gasteiger partial charge in [0.1, 0.15) is 0 Å². The lowest BCUT2D eigenvalue weighted by atomic mass is 9.74. The molecule has 0 aromatic carbocycles. The van der Waals surface area contributed by atoms with Crippen molar-refractivity contribution in [3.8, 4) is 0 Å². The van der Waals surface area contributed by atoms with Crippen LogP contribution in [0.2, 0.25) is 0 Å². The molecule has 17 heavy (non-hydrogen) atoms. The van der Waals surface area contributed by atoms with Gasteiger partial charge in [-0.05, 0) is 38.8 Å². The van der Waals surface area contributed by atoms with Crippen LogP contribution in [0.25, 0.3) is 0 Å². The van der Waals surface area contributed by atoms with Crippen molar-refractivity contribution in [2.45, 2.75) is 52.1 Å². The molecule has 2 heteroatoms. The molecule has 0 amide bonds. The zero-order valence-electron chi connectivity index (χ0n) is 12.0. The molecule has 2 aliphatic rings. The first-order valence-electron chi connectivity index (χ1n) is 7.15. The molecule has 98 valence electrons. The van der Waals surface area contributed by atoms with Crippen LogP contribution in [0.4, 0.5) is 0 Å². The maximum Gasteiger partial charge on any atom is 0.0530 e. The van der Waals surface area contributed by atoms with E-state index in [2.05, 4.69) is 44.1 Å². The molecule has 0 bridgehead atoms. The van der Waals surface area contributed by atoms with Gasteiger partial charge in [0.2, 0.25) is 0 Å². The number of rotatable bonds is 4. The number of likely N-dealkylation sites (tertiary alicyclic amines) is 2. The Bertz CT molecular complexity index is 297. The van der Waals surface area contributed by atoms with Crippen LogP contribution in [0.3, 0.4) is 0 Å². The van der Waals surface area contributed by atoms with E-state index in [0.717, 1.165) is 5.92 Å². The van der Waals surface area contributed by atoms with Gasteiger partial charge in [-0.25, -0.2) is 0 Å². The first-order valence-corrected chi connectivity index (χ1v) is 7.15. The van der Waals surface area contributed by atoms with Crippen molar-refractivity contribution in [2.24, 2.45) is 5.92 Å². The third kappa shape index (κ3) is 2.06. The van der Waals surface area contributed by atoms with E-state index in [4.69, 9.17) is 0 Å². The summed E-state index contributed by atoms with van der Waals surface area (Å²) in [5.41, 5.74) is 1.80. The van der Waals surface area contributed by atoms with Gasteiger partial charge in [0, 0.05) is 19.1 Å². The van der Waals surface area contributed by atoms with Gasteiger partial charge >= 0.3 is 0 Å². The summed E-state index contributed by atoms with van der Waals surface area (Å²) in [6.07, 6.45) is 2.74. The van der Waals surface area contributed by atoms with E-state index in [9.17, 15) is 0 Å². The predicted molar refractivity (Wildman–Crippen MR) is 74.2 cm³/mol. The van der Waals surface area contributed by atoms with Gasteiger partial charge in [0.05, 0.1) is 5.54 Å². The Labute approximate surface area is 107 Å². The summed E-state index contributed by atoms with van der Waals surface area (Å²) in [6.45, 7) is 18.4. The average molecular weight is 236 g/mol. The fourth-order valence-electron chi connectivity index (χ4n) is 4.08. The average Bonchev–Trinajstić information content (AvgIpc) is 2.60. The highest BCUT2D eigenvalue weighted by Gasteiger charge is 2.57. The van der Waals surface area contributed by atoms with Gasteiger partial charge in [0.15, 0.2) is 0 Å². The van der Waals surface area contributed by atoms with Crippen molar-refractivity contribution in [1.29, 1.82) is 0 Å². The number of nitrogens with zero attached hydrogens (tertiary/aromatic N) is 2. The summed E-state index contributed by atoms with van der Waals surface area (Å²) in [6, 6.07) is 0.604. The van der Waals surface area contributed by atoms with Crippen LogP contribution in [0, 0.1) is 5.92 Å². The minimum atomic E-state index is 0.440. The lowest BCUT2D eigenvalue weighted by Gasteiger charge is -2.60. The van der Waals surface area contributed by atoms with Crippen molar-refractivity contribution in [1.82, 2.24) is 9.80 Å². The molecule has 2 rings (SSSR count). The van der Waals surface area contributed by atoms with E-state index in [1.807, 2.05) is 0 Å². The minimum Gasteiger partial charge on any atom is -0.295 e. The maximum absolute atomic E-state index is 4.25. The van der Waals surface area contributed by atoms with E-state index in [-0.39, 0.29) is 0 Å². The summed E-state index contributed by atoms with van der Waals surface area (Å²) in [4.78, 5) is 5.34. The first kappa shape index (κ1) is 13.1. The van der Waals surface area contributed by atoms with Crippen molar-refractivity contribution < 1.29 is 0 Å². The van der Waals surface area contributed by atoms with Crippen LogP contribution < -0.4 is 0 Å². The maximum atomic E-state index is 4.25. The molecule has 0 saturated carbocycles. The molecule has 0 aliphatic carbocycles. The van der Waals surface area contributed by atoms with Crippen molar-refractivity contribution in [3.63, 3.8) is 0 Å². The Hall–Kier alpha value is -0.340. The van der Waals surface area contributed by atoms with Crippen LogP contribution in [0.5, 0.6) is 0 Å². The van der Waals surface area contributed by atoms with Crippen LogP contribution in [0.15, 0.2) is 12.2 Å². The normalized spacial score (nSPS) is 34.5. The largest absolute Gasteiger partial charge is 0.295 e. The van der Waals surface area contributed by atoms with Crippen LogP contribution in [-0.2, 0) is 0 Å². The summed E-state index contributed by atoms with van der Waals surface area (Å²) < 4.78 is 0. The molecular weight excluding hydrogens is 208 g/mol. The molecule has 2 saturated heterocycles. The van der Waals surface area contributed by atoms with E-state index in [1.54, 1.807) is 0 Å². The lowest BCUT2D eigenvalue weighted by molar-refractivity contribution is -0.0767. The van der Waals surface area contributed by atoms with E-state index >= 15 is 0 Å². The molecular formula is C15H28N2. The van der Waals surface area contributed by atoms with Crippen LogP contribution in [0.1, 0.15) is 40.5 Å². The summed E-state index contributed by atoms with van der Waals surface area (Å²) in [7, 11) is 0. The smallest absolute Gasteiger partial charge is 0.0530 e. The standard InChI is InChI=1S/C15H28N2/c1-6-17-9-7-8-15(17)11-16(10-12(2)3)14(15)13(4)5/h12,14H,4,6-11H2,1-3,5H3. The summed E-state index contributed by atoms with van der Waals surface area (Å²) in [5.74, 6) is 0.755. The summed E-state index contributed by atoms with van der Waals surface area (Å²) in [5, 5.41) is 0. The molecule has 0 aromatic rings. The van der Waals surface area contributed by atoms with Crippen LogP contribution >= 0.6 is 0 Å². The zero-order valence-corrected chi connectivity index (χ0v) is 12.0. The van der Waals surface area contributed by atoms with Gasteiger partial charge in [-0.2, -0.15) is 0 Å². The molecule has 2 nitrogen and oxygen atoms in total. The topological polar surface area (TPSA) is 6.48 Å². The molecule has 0 radical (unpaired) electrons. The van der Waals surface area contributed by atoms with Crippen molar-refractivity contribution in [2.75, 3.05) is 26.2 Å². The Morgan fingerprint density at radius 1 is 1.47 bits per heavy atom.